The van der Waals surface area contributed by atoms with Gasteiger partial charge in [0.15, 0.2) is 0 Å². The number of ether oxygens (including phenoxy) is 1. The van der Waals surface area contributed by atoms with E-state index >= 15 is 0 Å². The third-order valence-corrected chi connectivity index (χ3v) is 1.50. The predicted octanol–water partition coefficient (Wildman–Crippen LogP) is 0.667. The van der Waals surface area contributed by atoms with Crippen LogP contribution in [-0.2, 0) is 9.53 Å². The van der Waals surface area contributed by atoms with Crippen LogP contribution >= 0.6 is 0 Å². The first kappa shape index (κ1) is 12.4. The van der Waals surface area contributed by atoms with E-state index < -0.39 is 0 Å². The summed E-state index contributed by atoms with van der Waals surface area (Å²) in [6.07, 6.45) is 7.15. The summed E-state index contributed by atoms with van der Waals surface area (Å²) in [7, 11) is 1.55. The highest BCUT2D eigenvalue weighted by molar-refractivity contribution is 5.48. The Hall–Kier alpha value is -1.55. The quantitative estimate of drug-likeness (QED) is 0.282. The van der Waals surface area contributed by atoms with Gasteiger partial charge in [-0.25, -0.2) is 0 Å². The van der Waals surface area contributed by atoms with Crippen LogP contribution in [-0.4, -0.2) is 36.8 Å². The summed E-state index contributed by atoms with van der Waals surface area (Å²) in [6, 6.07) is 0. The Morgan fingerprint density at radius 1 is 1.64 bits per heavy atom. The van der Waals surface area contributed by atoms with Crippen molar-refractivity contribution in [2.45, 2.75) is 0 Å². The minimum atomic E-state index is -0.303. The molecule has 0 rings (SSSR count). The number of hydrogen-bond donors (Lipinski definition) is 1. The molecule has 0 bridgehead atoms. The van der Waals surface area contributed by atoms with Crippen molar-refractivity contribution in [3.63, 3.8) is 0 Å². The Labute approximate surface area is 83.8 Å². The highest BCUT2D eigenvalue weighted by Gasteiger charge is 1.99. The standard InChI is InChI=1S/C10H15NO3/c1-3-10(5-4-6-14-2)7-11(8-12)9-13/h3-6,8,13H,1,7,9H2,2H3/b6-4+,10-5+. The van der Waals surface area contributed by atoms with Crippen molar-refractivity contribution < 1.29 is 14.6 Å². The molecule has 0 spiro atoms. The van der Waals surface area contributed by atoms with Crippen LogP contribution in [0.3, 0.4) is 0 Å². The first-order chi connectivity index (χ1) is 6.78. The van der Waals surface area contributed by atoms with Gasteiger partial charge in [-0.3, -0.25) is 4.79 Å². The SMILES string of the molecule is C=C/C(=C\C=C\OC)CN(C=O)CO. The van der Waals surface area contributed by atoms with Crippen molar-refractivity contribution in [1.82, 2.24) is 4.90 Å². The second-order valence-corrected chi connectivity index (χ2v) is 2.50. The maximum absolute atomic E-state index is 10.4. The molecule has 1 amide bonds. The van der Waals surface area contributed by atoms with Crippen LogP contribution in [0.4, 0.5) is 0 Å². The smallest absolute Gasteiger partial charge is 0.211 e. The number of carbonyl (C=O) groups excluding carboxylic acids is 1. The fourth-order valence-electron chi connectivity index (χ4n) is 0.782. The van der Waals surface area contributed by atoms with Gasteiger partial charge in [-0.05, 0) is 11.6 Å². The van der Waals surface area contributed by atoms with Crippen LogP contribution in [0.1, 0.15) is 0 Å². The fraction of sp³-hybridized carbons (Fsp3) is 0.300. The molecule has 0 radical (unpaired) electrons. The van der Waals surface area contributed by atoms with Crippen molar-refractivity contribution in [3.8, 4) is 0 Å². The minimum Gasteiger partial charge on any atom is -0.504 e. The Morgan fingerprint density at radius 2 is 2.36 bits per heavy atom. The topological polar surface area (TPSA) is 49.8 Å². The highest BCUT2D eigenvalue weighted by atomic mass is 16.5. The number of allylic oxidation sites excluding steroid dienone is 2. The van der Waals surface area contributed by atoms with Crippen molar-refractivity contribution in [3.05, 3.63) is 36.6 Å². The average molecular weight is 197 g/mol. The van der Waals surface area contributed by atoms with Crippen molar-refractivity contribution in [2.24, 2.45) is 0 Å². The number of nitrogens with zero attached hydrogens (tertiary/aromatic N) is 1. The van der Waals surface area contributed by atoms with E-state index in [0.717, 1.165) is 5.57 Å². The third-order valence-electron chi connectivity index (χ3n) is 1.50. The van der Waals surface area contributed by atoms with Crippen molar-refractivity contribution in [1.29, 1.82) is 0 Å². The maximum atomic E-state index is 10.4. The predicted molar refractivity (Wildman–Crippen MR) is 54.3 cm³/mol. The van der Waals surface area contributed by atoms with E-state index in [1.54, 1.807) is 25.3 Å². The van der Waals surface area contributed by atoms with E-state index in [4.69, 9.17) is 9.84 Å². The highest BCUT2D eigenvalue weighted by Crippen LogP contribution is 1.99. The molecule has 0 unspecified atom stereocenters. The summed E-state index contributed by atoms with van der Waals surface area (Å²) < 4.78 is 4.70. The van der Waals surface area contributed by atoms with Gasteiger partial charge in [-0.15, -0.1) is 0 Å². The van der Waals surface area contributed by atoms with Crippen LogP contribution in [0.15, 0.2) is 36.6 Å². The number of amides is 1. The number of aliphatic hydroxyl groups excluding tert-OH is 1. The Kier molecular flexibility index (Phi) is 7.17. The molecule has 4 heteroatoms. The average Bonchev–Trinajstić information content (AvgIpc) is 2.23. The van der Waals surface area contributed by atoms with Gasteiger partial charge >= 0.3 is 0 Å². The molecular formula is C10H15NO3. The molecule has 0 aromatic carbocycles. The molecule has 0 aliphatic rings. The summed E-state index contributed by atoms with van der Waals surface area (Å²) in [4.78, 5) is 11.6. The van der Waals surface area contributed by atoms with Crippen molar-refractivity contribution >= 4 is 6.41 Å². The van der Waals surface area contributed by atoms with E-state index in [9.17, 15) is 4.79 Å². The van der Waals surface area contributed by atoms with Gasteiger partial charge in [-0.1, -0.05) is 18.7 Å². The number of methoxy groups -OCH3 is 1. The van der Waals surface area contributed by atoms with Gasteiger partial charge in [0.25, 0.3) is 0 Å². The van der Waals surface area contributed by atoms with Gasteiger partial charge in [0.1, 0.15) is 6.73 Å². The van der Waals surface area contributed by atoms with Gasteiger partial charge in [0.2, 0.25) is 6.41 Å². The van der Waals surface area contributed by atoms with Crippen LogP contribution < -0.4 is 0 Å². The normalized spacial score (nSPS) is 11.4. The van der Waals surface area contributed by atoms with E-state index in [1.165, 1.54) is 11.2 Å². The van der Waals surface area contributed by atoms with Crippen LogP contribution in [0, 0.1) is 0 Å². The first-order valence-corrected chi connectivity index (χ1v) is 4.09. The number of rotatable bonds is 7. The van der Waals surface area contributed by atoms with Gasteiger partial charge in [-0.2, -0.15) is 0 Å². The first-order valence-electron chi connectivity index (χ1n) is 4.09. The number of aliphatic hydroxyl groups is 1. The second kappa shape index (κ2) is 8.07. The molecular weight excluding hydrogens is 182 g/mol. The molecule has 4 nitrogen and oxygen atoms in total. The zero-order valence-corrected chi connectivity index (χ0v) is 8.22. The lowest BCUT2D eigenvalue weighted by atomic mass is 10.2. The van der Waals surface area contributed by atoms with E-state index in [-0.39, 0.29) is 6.73 Å². The molecule has 0 fully saturated rings. The summed E-state index contributed by atoms with van der Waals surface area (Å²) in [5.41, 5.74) is 0.819. The van der Waals surface area contributed by atoms with Gasteiger partial charge < -0.3 is 14.7 Å². The lowest BCUT2D eigenvalue weighted by Crippen LogP contribution is -2.24. The second-order valence-electron chi connectivity index (χ2n) is 2.50. The molecule has 0 saturated carbocycles. The zero-order chi connectivity index (χ0) is 10.8. The van der Waals surface area contributed by atoms with E-state index in [0.29, 0.717) is 13.0 Å². The lowest BCUT2D eigenvalue weighted by molar-refractivity contribution is -0.120. The van der Waals surface area contributed by atoms with Crippen LogP contribution in [0.25, 0.3) is 0 Å². The molecule has 0 aliphatic carbocycles. The number of hydrogen-bond acceptors (Lipinski definition) is 3. The fourth-order valence-corrected chi connectivity index (χ4v) is 0.782. The molecule has 0 aromatic rings. The van der Waals surface area contributed by atoms with E-state index in [1.807, 2.05) is 0 Å². The largest absolute Gasteiger partial charge is 0.504 e. The summed E-state index contributed by atoms with van der Waals surface area (Å²) >= 11 is 0. The summed E-state index contributed by atoms with van der Waals surface area (Å²) in [5, 5.41) is 8.73. The molecule has 0 aliphatic heterocycles. The zero-order valence-electron chi connectivity index (χ0n) is 8.22. The molecule has 0 aromatic heterocycles. The van der Waals surface area contributed by atoms with Crippen LogP contribution in [0.5, 0.6) is 0 Å². The molecule has 1 N–H and O–H groups in total. The van der Waals surface area contributed by atoms with Crippen LogP contribution in [0.2, 0.25) is 0 Å². The molecule has 14 heavy (non-hydrogen) atoms. The summed E-state index contributed by atoms with van der Waals surface area (Å²) in [5.74, 6) is 0. The lowest BCUT2D eigenvalue weighted by Gasteiger charge is -2.13. The maximum Gasteiger partial charge on any atom is 0.211 e. The summed E-state index contributed by atoms with van der Waals surface area (Å²) in [6.45, 7) is 3.62. The Morgan fingerprint density at radius 3 is 2.79 bits per heavy atom. The Bertz CT molecular complexity index is 234. The minimum absolute atomic E-state index is 0.303. The molecule has 0 atom stereocenters. The third kappa shape index (κ3) is 5.16. The molecule has 0 saturated heterocycles. The molecule has 0 heterocycles. The van der Waals surface area contributed by atoms with Crippen molar-refractivity contribution in [2.75, 3.05) is 20.4 Å². The molecule has 78 valence electrons. The monoisotopic (exact) mass is 197 g/mol. The van der Waals surface area contributed by atoms with Gasteiger partial charge in [0.05, 0.1) is 13.4 Å². The van der Waals surface area contributed by atoms with Gasteiger partial charge in [0, 0.05) is 6.54 Å². The number of carbonyl (C=O) groups is 1. The van der Waals surface area contributed by atoms with E-state index in [2.05, 4.69) is 6.58 Å². The Balaban J connectivity index is 4.26.